The molecular formula is C23H15NO5. The molecule has 0 saturated heterocycles. The molecule has 0 N–H and O–H groups in total. The molecule has 3 aromatic carbocycles. The summed E-state index contributed by atoms with van der Waals surface area (Å²) in [6, 6.07) is 21.2. The first-order valence-corrected chi connectivity index (χ1v) is 8.65. The minimum absolute atomic E-state index is 0.117. The van der Waals surface area contributed by atoms with Crippen molar-refractivity contribution in [1.29, 1.82) is 0 Å². The lowest BCUT2D eigenvalue weighted by Gasteiger charge is -2.04. The highest BCUT2D eigenvalue weighted by Crippen LogP contribution is 2.13. The first-order valence-electron chi connectivity index (χ1n) is 8.65. The van der Waals surface area contributed by atoms with E-state index in [9.17, 15) is 19.7 Å². The van der Waals surface area contributed by atoms with Crippen LogP contribution in [0.5, 0.6) is 0 Å². The molecule has 0 radical (unpaired) electrons. The number of non-ortho nitro benzene ring substituents is 1. The maximum Gasteiger partial charge on any atom is 0.338 e. The van der Waals surface area contributed by atoms with E-state index in [1.54, 1.807) is 24.3 Å². The molecule has 0 bridgehead atoms. The van der Waals surface area contributed by atoms with E-state index in [2.05, 4.69) is 11.8 Å². The Balaban J connectivity index is 1.57. The number of hydrogen-bond donors (Lipinski definition) is 0. The lowest BCUT2D eigenvalue weighted by Crippen LogP contribution is -2.14. The topological polar surface area (TPSA) is 86.5 Å². The summed E-state index contributed by atoms with van der Waals surface area (Å²) in [5.41, 5.74) is 2.05. The van der Waals surface area contributed by atoms with Gasteiger partial charge < -0.3 is 4.74 Å². The molecule has 0 unspecified atom stereocenters. The fourth-order valence-corrected chi connectivity index (χ4v) is 2.42. The standard InChI is InChI=1S/C23H15NO5/c25-22(19-12-14-21(15-13-19)24(27)28)16-29-23(26)20-10-8-18(9-11-20)7-6-17-4-2-1-3-5-17/h1-5,8-15H,16H2. The average Bonchev–Trinajstić information content (AvgIpc) is 2.77. The molecule has 3 rings (SSSR count). The van der Waals surface area contributed by atoms with Crippen LogP contribution in [0.2, 0.25) is 0 Å². The molecule has 0 aliphatic heterocycles. The second-order valence-corrected chi connectivity index (χ2v) is 6.00. The molecule has 6 nitrogen and oxygen atoms in total. The Morgan fingerprint density at radius 3 is 1.93 bits per heavy atom. The predicted molar refractivity (Wildman–Crippen MR) is 107 cm³/mol. The van der Waals surface area contributed by atoms with Gasteiger partial charge in [0.05, 0.1) is 10.5 Å². The average molecular weight is 385 g/mol. The summed E-state index contributed by atoms with van der Waals surface area (Å²) >= 11 is 0. The number of Topliss-reactive ketones (excluding diaryl/α,β-unsaturated/α-hetero) is 1. The number of esters is 1. The van der Waals surface area contributed by atoms with Gasteiger partial charge in [-0.15, -0.1) is 0 Å². The van der Waals surface area contributed by atoms with E-state index in [0.717, 1.165) is 11.1 Å². The van der Waals surface area contributed by atoms with Crippen molar-refractivity contribution in [2.75, 3.05) is 6.61 Å². The van der Waals surface area contributed by atoms with Gasteiger partial charge in [-0.05, 0) is 48.5 Å². The summed E-state index contributed by atoms with van der Waals surface area (Å²) < 4.78 is 5.03. The number of nitro benzene ring substituents is 1. The van der Waals surface area contributed by atoms with E-state index in [1.165, 1.54) is 24.3 Å². The quantitative estimate of drug-likeness (QED) is 0.218. The van der Waals surface area contributed by atoms with Crippen LogP contribution in [-0.2, 0) is 4.74 Å². The van der Waals surface area contributed by atoms with Crippen LogP contribution >= 0.6 is 0 Å². The molecule has 142 valence electrons. The van der Waals surface area contributed by atoms with Gasteiger partial charge in [-0.2, -0.15) is 0 Å². The highest BCUT2D eigenvalue weighted by molar-refractivity contribution is 5.99. The molecule has 3 aromatic rings. The largest absolute Gasteiger partial charge is 0.454 e. The summed E-state index contributed by atoms with van der Waals surface area (Å²) in [7, 11) is 0. The SMILES string of the molecule is O=C(COC(=O)c1ccc(C#Cc2ccccc2)cc1)c1ccc([N+](=O)[O-])cc1. The van der Waals surface area contributed by atoms with Crippen LogP contribution in [0.3, 0.4) is 0 Å². The van der Waals surface area contributed by atoms with Crippen molar-refractivity contribution in [3.63, 3.8) is 0 Å². The van der Waals surface area contributed by atoms with Gasteiger partial charge >= 0.3 is 5.97 Å². The highest BCUT2D eigenvalue weighted by atomic mass is 16.6. The summed E-state index contributed by atoms with van der Waals surface area (Å²) in [4.78, 5) is 34.3. The maximum atomic E-state index is 12.1. The number of rotatable bonds is 5. The minimum atomic E-state index is -0.636. The Kier molecular flexibility index (Phi) is 6.13. The number of carbonyl (C=O) groups is 2. The smallest absolute Gasteiger partial charge is 0.338 e. The van der Waals surface area contributed by atoms with Crippen LogP contribution in [0.25, 0.3) is 0 Å². The molecule has 0 heterocycles. The van der Waals surface area contributed by atoms with Gasteiger partial charge in [0.25, 0.3) is 5.69 Å². The van der Waals surface area contributed by atoms with Crippen molar-refractivity contribution < 1.29 is 19.2 Å². The lowest BCUT2D eigenvalue weighted by atomic mass is 10.1. The van der Waals surface area contributed by atoms with Crippen molar-refractivity contribution in [3.8, 4) is 11.8 Å². The Morgan fingerprint density at radius 2 is 1.34 bits per heavy atom. The first-order chi connectivity index (χ1) is 14.0. The van der Waals surface area contributed by atoms with Gasteiger partial charge in [-0.1, -0.05) is 30.0 Å². The molecule has 0 aliphatic carbocycles. The Morgan fingerprint density at radius 1 is 0.793 bits per heavy atom. The van der Waals surface area contributed by atoms with Crippen molar-refractivity contribution in [3.05, 3.63) is 111 Å². The Bertz CT molecular complexity index is 1090. The zero-order chi connectivity index (χ0) is 20.6. The van der Waals surface area contributed by atoms with E-state index >= 15 is 0 Å². The van der Waals surface area contributed by atoms with Gasteiger partial charge in [0.15, 0.2) is 12.4 Å². The third kappa shape index (κ3) is 5.37. The Hall–Kier alpha value is -4.24. The second kappa shape index (κ2) is 9.11. The molecular weight excluding hydrogens is 370 g/mol. The summed E-state index contributed by atoms with van der Waals surface area (Å²) in [5.74, 6) is 4.95. The van der Waals surface area contributed by atoms with Gasteiger partial charge in [0.2, 0.25) is 0 Å². The molecule has 0 amide bonds. The van der Waals surface area contributed by atoms with Crippen LogP contribution in [0.4, 0.5) is 5.69 Å². The molecule has 0 spiro atoms. The van der Waals surface area contributed by atoms with Gasteiger partial charge in [0.1, 0.15) is 0 Å². The summed E-state index contributed by atoms with van der Waals surface area (Å²) in [6.07, 6.45) is 0. The zero-order valence-corrected chi connectivity index (χ0v) is 15.2. The number of nitro groups is 1. The molecule has 0 fully saturated rings. The summed E-state index contributed by atoms with van der Waals surface area (Å²) in [5, 5.41) is 10.6. The Labute approximate surface area is 166 Å². The summed E-state index contributed by atoms with van der Waals surface area (Å²) in [6.45, 7) is -0.452. The van der Waals surface area contributed by atoms with Crippen LogP contribution in [0.15, 0.2) is 78.9 Å². The first kappa shape index (κ1) is 19.5. The fourth-order valence-electron chi connectivity index (χ4n) is 2.42. The minimum Gasteiger partial charge on any atom is -0.454 e. The zero-order valence-electron chi connectivity index (χ0n) is 15.2. The molecule has 29 heavy (non-hydrogen) atoms. The number of hydrogen-bond acceptors (Lipinski definition) is 5. The van der Waals surface area contributed by atoms with Gasteiger partial charge in [-0.25, -0.2) is 4.79 Å². The molecule has 0 aromatic heterocycles. The third-order valence-electron chi connectivity index (χ3n) is 3.98. The van der Waals surface area contributed by atoms with Crippen molar-refractivity contribution in [2.45, 2.75) is 0 Å². The normalized spacial score (nSPS) is 9.79. The second-order valence-electron chi connectivity index (χ2n) is 6.00. The molecule has 6 heteroatoms. The van der Waals surface area contributed by atoms with Crippen LogP contribution in [-0.4, -0.2) is 23.3 Å². The lowest BCUT2D eigenvalue weighted by molar-refractivity contribution is -0.384. The van der Waals surface area contributed by atoms with E-state index < -0.39 is 23.3 Å². The van der Waals surface area contributed by atoms with E-state index in [4.69, 9.17) is 4.74 Å². The number of nitrogens with zero attached hydrogens (tertiary/aromatic N) is 1. The van der Waals surface area contributed by atoms with E-state index in [-0.39, 0.29) is 11.3 Å². The van der Waals surface area contributed by atoms with Crippen molar-refractivity contribution >= 4 is 17.4 Å². The van der Waals surface area contributed by atoms with Gasteiger partial charge in [0, 0.05) is 28.8 Å². The fraction of sp³-hybridized carbons (Fsp3) is 0.0435. The third-order valence-corrected chi connectivity index (χ3v) is 3.98. The molecule has 0 atom stereocenters. The number of benzene rings is 3. The monoisotopic (exact) mass is 385 g/mol. The molecule has 0 saturated carbocycles. The number of ether oxygens (including phenoxy) is 1. The number of ketones is 1. The van der Waals surface area contributed by atoms with E-state index in [1.807, 2.05) is 30.3 Å². The van der Waals surface area contributed by atoms with Crippen molar-refractivity contribution in [2.24, 2.45) is 0 Å². The van der Waals surface area contributed by atoms with Gasteiger partial charge in [-0.3, -0.25) is 14.9 Å². The number of carbonyl (C=O) groups excluding carboxylic acids is 2. The van der Waals surface area contributed by atoms with Crippen LogP contribution in [0, 0.1) is 22.0 Å². The van der Waals surface area contributed by atoms with Crippen LogP contribution in [0.1, 0.15) is 31.8 Å². The maximum absolute atomic E-state index is 12.1. The molecule has 0 aliphatic rings. The van der Waals surface area contributed by atoms with E-state index in [0.29, 0.717) is 5.56 Å². The highest BCUT2D eigenvalue weighted by Gasteiger charge is 2.13. The predicted octanol–water partition coefficient (Wildman–Crippen LogP) is 4.03. The van der Waals surface area contributed by atoms with Crippen molar-refractivity contribution in [1.82, 2.24) is 0 Å². The van der Waals surface area contributed by atoms with Crippen LogP contribution < -0.4 is 0 Å².